The Labute approximate surface area is 185 Å². The first-order chi connectivity index (χ1) is 14.0. The average molecular weight is 474 g/mol. The molecule has 1 fully saturated rings. The van der Waals surface area contributed by atoms with E-state index in [2.05, 4.69) is 9.80 Å². The van der Waals surface area contributed by atoms with Crippen LogP contribution in [0.5, 0.6) is 0 Å². The zero-order chi connectivity index (χ0) is 22.1. The first-order valence-electron chi connectivity index (χ1n) is 9.27. The molecule has 1 saturated heterocycles. The van der Waals surface area contributed by atoms with E-state index in [1.165, 1.54) is 12.1 Å². The van der Waals surface area contributed by atoms with Crippen molar-refractivity contribution >= 4 is 44.8 Å². The van der Waals surface area contributed by atoms with Crippen molar-refractivity contribution in [3.05, 3.63) is 62.9 Å². The highest BCUT2D eigenvalue weighted by atomic mass is 35.5. The molecule has 0 bridgehead atoms. The number of carbonyl (C=O) groups excluding carboxylic acids is 1. The zero-order valence-corrected chi connectivity index (χ0v) is 18.9. The van der Waals surface area contributed by atoms with Crippen molar-refractivity contribution in [2.24, 2.45) is 0 Å². The average Bonchev–Trinajstić information content (AvgIpc) is 2.66. The lowest BCUT2D eigenvalue weighted by Gasteiger charge is -2.36. The molecule has 0 spiro atoms. The molecule has 6 nitrogen and oxygen atoms in total. The third-order valence-electron chi connectivity index (χ3n) is 4.98. The van der Waals surface area contributed by atoms with Gasteiger partial charge in [0.2, 0.25) is 10.0 Å². The van der Waals surface area contributed by atoms with Crippen LogP contribution < -0.4 is 9.62 Å². The number of hydrogen-bond donors (Lipinski definition) is 1. The lowest BCUT2D eigenvalue weighted by Crippen LogP contribution is -2.46. The smallest absolute Gasteiger partial charge is 0.267 e. The minimum Gasteiger partial charge on any atom is -0.369 e. The van der Waals surface area contributed by atoms with Crippen molar-refractivity contribution in [2.75, 3.05) is 37.3 Å². The van der Waals surface area contributed by atoms with Crippen molar-refractivity contribution in [2.45, 2.75) is 13.5 Å². The van der Waals surface area contributed by atoms with Crippen LogP contribution in [0.3, 0.4) is 0 Å². The molecule has 162 valence electrons. The summed E-state index contributed by atoms with van der Waals surface area (Å²) in [6, 6.07) is 8.25. The number of amides is 1. The molecule has 0 aliphatic carbocycles. The minimum absolute atomic E-state index is 0.286. The van der Waals surface area contributed by atoms with E-state index in [4.69, 9.17) is 23.2 Å². The van der Waals surface area contributed by atoms with Crippen molar-refractivity contribution in [3.8, 4) is 0 Å². The van der Waals surface area contributed by atoms with Crippen molar-refractivity contribution in [1.29, 1.82) is 0 Å². The van der Waals surface area contributed by atoms with Gasteiger partial charge in [0.05, 0.1) is 21.9 Å². The van der Waals surface area contributed by atoms with E-state index < -0.39 is 21.7 Å². The molecular formula is C20H22Cl2FN3O3S. The predicted octanol–water partition coefficient (Wildman–Crippen LogP) is 3.45. The second kappa shape index (κ2) is 9.09. The molecule has 2 aromatic rings. The Kier molecular flexibility index (Phi) is 6.91. The SMILES string of the molecule is Cc1cc(C(=O)NS(C)(=O)=O)c(F)cc1CN1CCN(c2ccc(Cl)c(Cl)c2)CC1. The molecule has 10 heteroatoms. The molecule has 0 unspecified atom stereocenters. The van der Waals surface area contributed by atoms with E-state index >= 15 is 0 Å². The van der Waals surface area contributed by atoms with Gasteiger partial charge in [-0.15, -0.1) is 0 Å². The lowest BCUT2D eigenvalue weighted by atomic mass is 10.0. The Morgan fingerprint density at radius 2 is 1.77 bits per heavy atom. The minimum atomic E-state index is -3.76. The van der Waals surface area contributed by atoms with Crippen LogP contribution in [0.25, 0.3) is 0 Å². The number of benzene rings is 2. The number of halogens is 3. The molecule has 0 aromatic heterocycles. The Morgan fingerprint density at radius 3 is 2.37 bits per heavy atom. The molecule has 1 amide bonds. The van der Waals surface area contributed by atoms with Gasteiger partial charge in [0.25, 0.3) is 5.91 Å². The van der Waals surface area contributed by atoms with Gasteiger partial charge >= 0.3 is 0 Å². The Hall–Kier alpha value is -1.87. The van der Waals surface area contributed by atoms with Crippen LogP contribution in [0.15, 0.2) is 30.3 Å². The number of piperazine rings is 1. The maximum atomic E-state index is 14.5. The standard InChI is InChI=1S/C20H22Cl2FN3O3S/c1-13-9-16(20(27)24-30(2,28)29)19(23)10-14(13)12-25-5-7-26(8-6-25)15-3-4-17(21)18(22)11-15/h3-4,9-11H,5-8,12H2,1-2H3,(H,24,27). The summed E-state index contributed by atoms with van der Waals surface area (Å²) < 4.78 is 38.7. The Morgan fingerprint density at radius 1 is 1.10 bits per heavy atom. The van der Waals surface area contributed by atoms with E-state index in [9.17, 15) is 17.6 Å². The summed E-state index contributed by atoms with van der Waals surface area (Å²) in [6.45, 7) is 5.43. The largest absolute Gasteiger partial charge is 0.369 e. The number of nitrogens with one attached hydrogen (secondary N) is 1. The van der Waals surface area contributed by atoms with Gasteiger partial charge in [0.15, 0.2) is 0 Å². The topological polar surface area (TPSA) is 69.7 Å². The summed E-state index contributed by atoms with van der Waals surface area (Å²) in [5, 5.41) is 1.04. The molecule has 1 aliphatic rings. The van der Waals surface area contributed by atoms with Gasteiger partial charge in [0, 0.05) is 38.4 Å². The fourth-order valence-corrected chi connectivity index (χ4v) is 4.12. The van der Waals surface area contributed by atoms with Gasteiger partial charge in [-0.05, 0) is 48.4 Å². The second-order valence-electron chi connectivity index (χ2n) is 7.32. The van der Waals surface area contributed by atoms with Crippen molar-refractivity contribution in [3.63, 3.8) is 0 Å². The van der Waals surface area contributed by atoms with Crippen molar-refractivity contribution < 1.29 is 17.6 Å². The van der Waals surface area contributed by atoms with Gasteiger partial charge in [-0.2, -0.15) is 0 Å². The van der Waals surface area contributed by atoms with Crippen molar-refractivity contribution in [1.82, 2.24) is 9.62 Å². The Balaban J connectivity index is 1.65. The van der Waals surface area contributed by atoms with E-state index in [0.717, 1.165) is 49.2 Å². The number of hydrogen-bond acceptors (Lipinski definition) is 5. The fourth-order valence-electron chi connectivity index (χ4n) is 3.38. The first kappa shape index (κ1) is 22.8. The third kappa shape index (κ3) is 5.63. The van der Waals surface area contributed by atoms with Crippen LogP contribution in [-0.2, 0) is 16.6 Å². The summed E-state index contributed by atoms with van der Waals surface area (Å²) in [5.41, 5.74) is 2.20. The Bertz CT molecular complexity index is 1070. The van der Waals surface area contributed by atoms with E-state index in [1.54, 1.807) is 17.7 Å². The molecule has 0 saturated carbocycles. The molecule has 1 aliphatic heterocycles. The van der Waals surface area contributed by atoms with Crippen LogP contribution in [0, 0.1) is 12.7 Å². The maximum Gasteiger partial charge on any atom is 0.267 e. The summed E-state index contributed by atoms with van der Waals surface area (Å²) in [7, 11) is -3.76. The highest BCUT2D eigenvalue weighted by Crippen LogP contribution is 2.28. The number of rotatable bonds is 5. The first-order valence-corrected chi connectivity index (χ1v) is 11.9. The molecule has 1 heterocycles. The molecular weight excluding hydrogens is 452 g/mol. The molecule has 0 atom stereocenters. The van der Waals surface area contributed by atoms with E-state index in [0.29, 0.717) is 16.6 Å². The molecule has 2 aromatic carbocycles. The molecule has 3 rings (SSSR count). The van der Waals surface area contributed by atoms with E-state index in [-0.39, 0.29) is 5.56 Å². The number of carbonyl (C=O) groups is 1. The monoisotopic (exact) mass is 473 g/mol. The van der Waals surface area contributed by atoms with Gasteiger partial charge < -0.3 is 4.90 Å². The number of anilines is 1. The summed E-state index contributed by atoms with van der Waals surface area (Å²) in [4.78, 5) is 16.4. The van der Waals surface area contributed by atoms with Gasteiger partial charge in [-0.3, -0.25) is 9.69 Å². The highest BCUT2D eigenvalue weighted by Gasteiger charge is 2.21. The van der Waals surface area contributed by atoms with Crippen LogP contribution in [0.2, 0.25) is 10.0 Å². The quantitative estimate of drug-likeness (QED) is 0.719. The molecule has 1 N–H and O–H groups in total. The lowest BCUT2D eigenvalue weighted by molar-refractivity contribution is 0.0977. The maximum absolute atomic E-state index is 14.5. The molecule has 0 radical (unpaired) electrons. The van der Waals surface area contributed by atoms with Crippen LogP contribution >= 0.6 is 23.2 Å². The zero-order valence-electron chi connectivity index (χ0n) is 16.6. The fraction of sp³-hybridized carbons (Fsp3) is 0.350. The normalized spacial score (nSPS) is 15.3. The van der Waals surface area contributed by atoms with Crippen LogP contribution in [0.4, 0.5) is 10.1 Å². The number of nitrogens with zero attached hydrogens (tertiary/aromatic N) is 2. The number of aryl methyl sites for hydroxylation is 1. The summed E-state index contributed by atoms with van der Waals surface area (Å²) in [6.07, 6.45) is 0.849. The second-order valence-corrected chi connectivity index (χ2v) is 9.89. The van der Waals surface area contributed by atoms with Crippen LogP contribution in [-0.4, -0.2) is 51.7 Å². The van der Waals surface area contributed by atoms with Gasteiger partial charge in [0.1, 0.15) is 5.82 Å². The summed E-state index contributed by atoms with van der Waals surface area (Å²) >= 11 is 12.1. The highest BCUT2D eigenvalue weighted by molar-refractivity contribution is 7.89. The summed E-state index contributed by atoms with van der Waals surface area (Å²) in [5.74, 6) is -1.72. The predicted molar refractivity (Wildman–Crippen MR) is 117 cm³/mol. The van der Waals surface area contributed by atoms with Crippen LogP contribution in [0.1, 0.15) is 21.5 Å². The number of sulfonamides is 1. The molecule has 30 heavy (non-hydrogen) atoms. The van der Waals surface area contributed by atoms with Gasteiger partial charge in [-0.25, -0.2) is 17.5 Å². The third-order valence-corrected chi connectivity index (χ3v) is 6.28. The van der Waals surface area contributed by atoms with E-state index in [1.807, 2.05) is 12.1 Å². The van der Waals surface area contributed by atoms with Gasteiger partial charge in [-0.1, -0.05) is 23.2 Å².